The number of hydrazine groups is 1. The van der Waals surface area contributed by atoms with Crippen LogP contribution in [0.5, 0.6) is 11.5 Å². The fraction of sp³-hybridized carbons (Fsp3) is 0.300. The Hall–Kier alpha value is -4.18. The molecule has 4 atom stereocenters. The maximum atomic E-state index is 14.1. The van der Waals surface area contributed by atoms with E-state index in [1.54, 1.807) is 0 Å². The number of fused-ring (bicyclic) bond motifs is 3. The van der Waals surface area contributed by atoms with Crippen LogP contribution in [0.2, 0.25) is 5.02 Å². The number of hydrogen-bond acceptors (Lipinski definition) is 8. The third kappa shape index (κ3) is 5.50. The maximum absolute atomic E-state index is 14.1. The normalized spacial score (nSPS) is 24.5. The molecule has 3 aliphatic carbocycles. The van der Waals surface area contributed by atoms with Crippen LogP contribution in [0.25, 0.3) is 0 Å². The summed E-state index contributed by atoms with van der Waals surface area (Å²) in [5, 5.41) is 12.0. The molecule has 2 amide bonds. The van der Waals surface area contributed by atoms with Crippen molar-refractivity contribution in [2.45, 2.75) is 31.3 Å². The molecule has 1 fully saturated rings. The molecule has 0 spiro atoms. The zero-order valence-electron chi connectivity index (χ0n) is 23.6. The number of benzene rings is 1. The number of rotatable bonds is 4. The Morgan fingerprint density at radius 1 is 1.04 bits per heavy atom. The lowest BCUT2D eigenvalue weighted by Crippen LogP contribution is -2.46. The number of carbonyl (C=O) groups excluding carboxylic acids is 4. The first kappa shape index (κ1) is 32.7. The molecule has 4 unspecified atom stereocenters. The van der Waals surface area contributed by atoms with Gasteiger partial charge in [0.1, 0.15) is 17.2 Å². The van der Waals surface area contributed by atoms with Crippen LogP contribution in [0.3, 0.4) is 0 Å². The molecule has 9 nitrogen and oxygen atoms in total. The van der Waals surface area contributed by atoms with Gasteiger partial charge in [0.05, 0.1) is 21.3 Å². The molecule has 2 aromatic rings. The number of hydrogen-bond donors (Lipinski definition) is 1. The fourth-order valence-corrected chi connectivity index (χ4v) is 7.39. The number of pyridine rings is 1. The monoisotopic (exact) mass is 745 g/mol. The average molecular weight is 747 g/mol. The molecule has 246 valence electrons. The average Bonchev–Trinajstić information content (AvgIpc) is 3.24. The van der Waals surface area contributed by atoms with Crippen molar-refractivity contribution in [2.75, 3.05) is 12.1 Å². The van der Waals surface area contributed by atoms with Gasteiger partial charge < -0.3 is 9.84 Å². The van der Waals surface area contributed by atoms with Gasteiger partial charge in [-0.3, -0.25) is 24.2 Å². The van der Waals surface area contributed by atoms with E-state index in [1.165, 1.54) is 6.08 Å². The van der Waals surface area contributed by atoms with Crippen LogP contribution in [0.15, 0.2) is 63.7 Å². The second-order valence-corrected chi connectivity index (χ2v) is 12.4. The number of alkyl halides is 6. The molecule has 1 aliphatic heterocycles. The lowest BCUT2D eigenvalue weighted by Gasteiger charge is -2.42. The summed E-state index contributed by atoms with van der Waals surface area (Å²) >= 11 is 9.18. The highest BCUT2D eigenvalue weighted by molar-refractivity contribution is 9.12. The van der Waals surface area contributed by atoms with Crippen molar-refractivity contribution < 1.29 is 55.4 Å². The van der Waals surface area contributed by atoms with Gasteiger partial charge in [-0.2, -0.15) is 18.2 Å². The highest BCUT2D eigenvalue weighted by Gasteiger charge is 2.58. The number of allylic oxidation sites excluding steroid dienone is 6. The van der Waals surface area contributed by atoms with Gasteiger partial charge in [-0.15, -0.1) is 13.2 Å². The molecular formula is C30H19BrClF6N3O6. The first-order valence-electron chi connectivity index (χ1n) is 13.7. The van der Waals surface area contributed by atoms with Crippen molar-refractivity contribution in [3.05, 3.63) is 80.0 Å². The molecule has 1 aromatic heterocycles. The van der Waals surface area contributed by atoms with Gasteiger partial charge >= 0.3 is 12.5 Å². The van der Waals surface area contributed by atoms with Gasteiger partial charge in [0, 0.05) is 35.8 Å². The van der Waals surface area contributed by atoms with Crippen LogP contribution >= 0.6 is 27.5 Å². The number of nitrogens with zero attached hydrogens (tertiary/aromatic N) is 3. The predicted molar refractivity (Wildman–Crippen MR) is 154 cm³/mol. The zero-order valence-corrected chi connectivity index (χ0v) is 26.0. The SMILES string of the molecule is CN(c1nc(C(F)(F)F)ccc1Cl)N1C(=O)C2CC=C3C(c4cc(OC(F)(F)F)ccc4O)C4=C(CC3C2C1=O)C(=O)C(Br)=CC4=O. The number of amides is 2. The van der Waals surface area contributed by atoms with Crippen LogP contribution in [0.4, 0.5) is 32.2 Å². The Labute approximate surface area is 274 Å². The largest absolute Gasteiger partial charge is 0.573 e. The molecule has 1 aromatic carbocycles. The number of phenols is 1. The number of phenolic OH excluding ortho intramolecular Hbond substituents is 1. The van der Waals surface area contributed by atoms with Crippen molar-refractivity contribution in [3.8, 4) is 11.5 Å². The summed E-state index contributed by atoms with van der Waals surface area (Å²) in [7, 11) is 1.13. The number of halogens is 8. The van der Waals surface area contributed by atoms with Crippen LogP contribution in [-0.4, -0.2) is 51.9 Å². The fourth-order valence-electron chi connectivity index (χ4n) is 6.71. The Kier molecular flexibility index (Phi) is 7.82. The van der Waals surface area contributed by atoms with Gasteiger partial charge in [0.25, 0.3) is 11.8 Å². The second kappa shape index (κ2) is 11.2. The van der Waals surface area contributed by atoms with E-state index in [1.807, 2.05) is 0 Å². The van der Waals surface area contributed by atoms with Crippen LogP contribution in [0.1, 0.15) is 30.0 Å². The summed E-state index contributed by atoms with van der Waals surface area (Å²) in [6.07, 6.45) is -7.78. The number of anilines is 1. The van der Waals surface area contributed by atoms with Gasteiger partial charge in [0.2, 0.25) is 0 Å². The summed E-state index contributed by atoms with van der Waals surface area (Å²) in [5.74, 6) is -9.33. The van der Waals surface area contributed by atoms with Crippen molar-refractivity contribution in [3.63, 3.8) is 0 Å². The molecule has 17 heteroatoms. The molecule has 2 heterocycles. The molecule has 0 radical (unpaired) electrons. The third-order valence-electron chi connectivity index (χ3n) is 8.58. The first-order valence-corrected chi connectivity index (χ1v) is 14.9. The molecule has 1 saturated heterocycles. The lowest BCUT2D eigenvalue weighted by molar-refractivity contribution is -0.274. The molecule has 0 bridgehead atoms. The number of carbonyl (C=O) groups is 4. The van der Waals surface area contributed by atoms with Crippen molar-refractivity contribution in [1.82, 2.24) is 9.99 Å². The molecule has 1 N–H and O–H groups in total. The number of aromatic nitrogens is 1. The molecular weight excluding hydrogens is 728 g/mol. The summed E-state index contributed by atoms with van der Waals surface area (Å²) in [6.45, 7) is 0. The van der Waals surface area contributed by atoms with E-state index in [0.717, 1.165) is 42.4 Å². The molecule has 47 heavy (non-hydrogen) atoms. The van der Waals surface area contributed by atoms with E-state index in [2.05, 4.69) is 25.7 Å². The highest BCUT2D eigenvalue weighted by atomic mass is 79.9. The second-order valence-electron chi connectivity index (χ2n) is 11.2. The first-order chi connectivity index (χ1) is 21.9. The minimum atomic E-state index is -5.10. The Morgan fingerprint density at radius 2 is 1.74 bits per heavy atom. The minimum absolute atomic E-state index is 0.0756. The van der Waals surface area contributed by atoms with Crippen LogP contribution < -0.4 is 9.75 Å². The van der Waals surface area contributed by atoms with E-state index in [0.29, 0.717) is 11.1 Å². The smallest absolute Gasteiger partial charge is 0.508 e. The van der Waals surface area contributed by atoms with Crippen molar-refractivity contribution >= 4 is 56.7 Å². The maximum Gasteiger partial charge on any atom is 0.573 e. The van der Waals surface area contributed by atoms with E-state index in [9.17, 15) is 50.6 Å². The molecule has 6 rings (SSSR count). The molecule has 4 aliphatic rings. The topological polar surface area (TPSA) is 117 Å². The van der Waals surface area contributed by atoms with Crippen molar-refractivity contribution in [2.24, 2.45) is 17.8 Å². The van der Waals surface area contributed by atoms with Gasteiger partial charge in [-0.05, 0) is 65.0 Å². The number of ketones is 2. The van der Waals surface area contributed by atoms with E-state index in [-0.39, 0.29) is 44.6 Å². The minimum Gasteiger partial charge on any atom is -0.508 e. The standard InChI is InChI=1S/C30H19BrClF6N3O6/c1-40(26-18(32)5-7-21(39-26)29(33,34)35)41-27(45)13-4-3-12-14(23(13)28(41)46)9-16-24(20(43)10-17(31)25(16)44)22(12)15-8-11(2-6-19(15)42)47-30(36,37)38/h2-3,5-8,10,13-14,22-23,42H,4,9H2,1H3. The summed E-state index contributed by atoms with van der Waals surface area (Å²) in [5.41, 5.74) is -1.45. The van der Waals surface area contributed by atoms with Crippen molar-refractivity contribution in [1.29, 1.82) is 0 Å². The predicted octanol–water partition coefficient (Wildman–Crippen LogP) is 6.17. The summed E-state index contributed by atoms with van der Waals surface area (Å²) < 4.78 is 83.5. The molecule has 0 saturated carbocycles. The van der Waals surface area contributed by atoms with E-state index < -0.39 is 82.6 Å². The number of aromatic hydroxyl groups is 1. The zero-order chi connectivity index (χ0) is 34.3. The number of imide groups is 1. The summed E-state index contributed by atoms with van der Waals surface area (Å²) in [6, 6.07) is 4.22. The van der Waals surface area contributed by atoms with E-state index >= 15 is 0 Å². The van der Waals surface area contributed by atoms with Gasteiger partial charge in [0.15, 0.2) is 17.4 Å². The number of ether oxygens (including phenoxy) is 1. The third-order valence-corrected chi connectivity index (χ3v) is 9.46. The lowest BCUT2D eigenvalue weighted by atomic mass is 9.59. The van der Waals surface area contributed by atoms with Crippen LogP contribution in [0, 0.1) is 17.8 Å². The Morgan fingerprint density at radius 3 is 2.40 bits per heavy atom. The van der Waals surface area contributed by atoms with Gasteiger partial charge in [-0.25, -0.2) is 4.98 Å². The number of Topliss-reactive ketones (excluding diaryl/α,β-unsaturated/α-hetero) is 1. The summed E-state index contributed by atoms with van der Waals surface area (Å²) in [4.78, 5) is 58.0. The van der Waals surface area contributed by atoms with E-state index in [4.69, 9.17) is 11.6 Å². The highest BCUT2D eigenvalue weighted by Crippen LogP contribution is 2.57. The Balaban J connectivity index is 1.45. The quantitative estimate of drug-likeness (QED) is 0.171. The Bertz CT molecular complexity index is 1870. The van der Waals surface area contributed by atoms with Crippen LogP contribution in [-0.2, 0) is 25.4 Å². The van der Waals surface area contributed by atoms with Gasteiger partial charge in [-0.1, -0.05) is 23.3 Å².